The van der Waals surface area contributed by atoms with Gasteiger partial charge in [-0.3, -0.25) is 9.48 Å². The zero-order chi connectivity index (χ0) is 19.6. The molecule has 142 valence electrons. The zero-order valence-corrected chi connectivity index (χ0v) is 17.1. The summed E-state index contributed by atoms with van der Waals surface area (Å²) in [5.74, 6) is 0.826. The van der Waals surface area contributed by atoms with Crippen molar-refractivity contribution >= 4 is 27.5 Å². The van der Waals surface area contributed by atoms with Gasteiger partial charge in [-0.05, 0) is 48.0 Å². The van der Waals surface area contributed by atoms with Crippen molar-refractivity contribution < 1.29 is 14.3 Å². The van der Waals surface area contributed by atoms with Crippen molar-refractivity contribution in [3.63, 3.8) is 0 Å². The number of carbonyl (C=O) groups excluding carboxylic acids is 1. The van der Waals surface area contributed by atoms with Crippen LogP contribution in [-0.2, 0) is 6.67 Å². The van der Waals surface area contributed by atoms with E-state index in [1.54, 1.807) is 42.3 Å². The molecule has 2 aromatic heterocycles. The number of nitrogens with one attached hydrogen (secondary N) is 1. The van der Waals surface area contributed by atoms with Crippen LogP contribution in [0.5, 0.6) is 11.5 Å². The van der Waals surface area contributed by atoms with Gasteiger partial charge in [0.05, 0.1) is 35.8 Å². The maximum Gasteiger partial charge on any atom is 0.276 e. The molecule has 0 aliphatic rings. The van der Waals surface area contributed by atoms with Gasteiger partial charge in [0.25, 0.3) is 5.91 Å². The molecule has 27 heavy (non-hydrogen) atoms. The summed E-state index contributed by atoms with van der Waals surface area (Å²) < 4.78 is 14.9. The van der Waals surface area contributed by atoms with Crippen molar-refractivity contribution in [2.24, 2.45) is 0 Å². The molecule has 2 heterocycles. The second-order valence-corrected chi connectivity index (χ2v) is 6.68. The van der Waals surface area contributed by atoms with Gasteiger partial charge in [-0.1, -0.05) is 0 Å². The van der Waals surface area contributed by atoms with Crippen LogP contribution in [0.3, 0.4) is 0 Å². The first-order valence-corrected chi connectivity index (χ1v) is 8.98. The third-order valence-corrected chi connectivity index (χ3v) is 5.25. The Hall–Kier alpha value is -2.81. The van der Waals surface area contributed by atoms with Gasteiger partial charge < -0.3 is 14.8 Å². The predicted octanol–water partition coefficient (Wildman–Crippen LogP) is 3.23. The van der Waals surface area contributed by atoms with Crippen molar-refractivity contribution in [1.82, 2.24) is 19.6 Å². The first-order valence-electron chi connectivity index (χ1n) is 8.19. The van der Waals surface area contributed by atoms with Gasteiger partial charge in [-0.2, -0.15) is 10.2 Å². The number of hydrogen-bond donors (Lipinski definition) is 1. The molecule has 0 radical (unpaired) electrons. The van der Waals surface area contributed by atoms with Crippen LogP contribution in [0.2, 0.25) is 0 Å². The summed E-state index contributed by atoms with van der Waals surface area (Å²) in [6, 6.07) is 6.83. The number of amides is 1. The Morgan fingerprint density at radius 2 is 1.96 bits per heavy atom. The van der Waals surface area contributed by atoms with E-state index in [0.29, 0.717) is 29.5 Å². The molecule has 8 nitrogen and oxygen atoms in total. The van der Waals surface area contributed by atoms with Gasteiger partial charge in [0.2, 0.25) is 0 Å². The topological polar surface area (TPSA) is 83.2 Å². The third kappa shape index (κ3) is 3.97. The second kappa shape index (κ2) is 7.83. The van der Waals surface area contributed by atoms with E-state index < -0.39 is 0 Å². The Morgan fingerprint density at radius 1 is 1.19 bits per heavy atom. The Balaban J connectivity index is 1.74. The highest BCUT2D eigenvalue weighted by Crippen LogP contribution is 2.29. The lowest BCUT2D eigenvalue weighted by atomic mass is 10.2. The number of ether oxygens (including phenoxy) is 2. The summed E-state index contributed by atoms with van der Waals surface area (Å²) in [7, 11) is 3.10. The van der Waals surface area contributed by atoms with E-state index in [0.717, 1.165) is 15.9 Å². The van der Waals surface area contributed by atoms with Crippen LogP contribution in [0.25, 0.3) is 0 Å². The lowest BCUT2D eigenvalue weighted by Crippen LogP contribution is -2.16. The average molecular weight is 434 g/mol. The van der Waals surface area contributed by atoms with Crippen molar-refractivity contribution in [2.75, 3.05) is 19.5 Å². The highest BCUT2D eigenvalue weighted by molar-refractivity contribution is 9.10. The summed E-state index contributed by atoms with van der Waals surface area (Å²) in [5.41, 5.74) is 2.75. The lowest BCUT2D eigenvalue weighted by Gasteiger charge is -2.10. The third-order valence-electron chi connectivity index (χ3n) is 4.10. The van der Waals surface area contributed by atoms with E-state index in [1.807, 2.05) is 18.5 Å². The molecule has 0 aliphatic carbocycles. The van der Waals surface area contributed by atoms with E-state index >= 15 is 0 Å². The molecule has 3 rings (SSSR count). The molecule has 0 atom stereocenters. The molecule has 0 fully saturated rings. The maximum absolute atomic E-state index is 12.5. The van der Waals surface area contributed by atoms with Crippen LogP contribution in [0, 0.1) is 13.8 Å². The smallest absolute Gasteiger partial charge is 0.276 e. The highest BCUT2D eigenvalue weighted by Gasteiger charge is 2.14. The van der Waals surface area contributed by atoms with Gasteiger partial charge >= 0.3 is 0 Å². The second-order valence-electron chi connectivity index (χ2n) is 5.89. The largest absolute Gasteiger partial charge is 0.497 e. The summed E-state index contributed by atoms with van der Waals surface area (Å²) in [6.45, 7) is 4.31. The number of rotatable bonds is 6. The predicted molar refractivity (Wildman–Crippen MR) is 105 cm³/mol. The minimum absolute atomic E-state index is 0.300. The Morgan fingerprint density at radius 3 is 2.59 bits per heavy atom. The summed E-state index contributed by atoms with van der Waals surface area (Å²) in [5, 5.41) is 11.6. The molecule has 0 aliphatic heterocycles. The number of nitrogens with zero attached hydrogens (tertiary/aromatic N) is 4. The number of methoxy groups -OCH3 is 2. The number of hydrogen-bond acceptors (Lipinski definition) is 5. The van der Waals surface area contributed by atoms with Crippen LogP contribution in [0.4, 0.5) is 5.69 Å². The molecular formula is C18H20BrN5O3. The Labute approximate surface area is 165 Å². The van der Waals surface area contributed by atoms with Crippen molar-refractivity contribution in [3.8, 4) is 11.5 Å². The van der Waals surface area contributed by atoms with E-state index in [4.69, 9.17) is 9.47 Å². The van der Waals surface area contributed by atoms with Gasteiger partial charge in [0, 0.05) is 12.3 Å². The molecule has 0 bridgehead atoms. The minimum atomic E-state index is -0.327. The monoisotopic (exact) mass is 433 g/mol. The summed E-state index contributed by atoms with van der Waals surface area (Å²) in [6.07, 6.45) is 1.74. The normalized spacial score (nSPS) is 10.7. The van der Waals surface area contributed by atoms with Gasteiger partial charge in [0.1, 0.15) is 18.2 Å². The molecule has 0 spiro atoms. The number of aromatic nitrogens is 4. The first-order chi connectivity index (χ1) is 12.9. The Kier molecular flexibility index (Phi) is 5.50. The SMILES string of the molecule is COc1ccc(NC(=O)c2ccn(Cn3nc(C)c(Br)c3C)n2)c(OC)c1. The number of benzene rings is 1. The average Bonchev–Trinajstić information content (AvgIpc) is 3.23. The highest BCUT2D eigenvalue weighted by atomic mass is 79.9. The van der Waals surface area contributed by atoms with Crippen molar-refractivity contribution in [2.45, 2.75) is 20.5 Å². The standard InChI is InChI=1S/C18H20BrN5O3/c1-11-17(19)12(2)24(21-11)10-23-8-7-15(22-23)18(25)20-14-6-5-13(26-3)9-16(14)27-4/h5-9H,10H2,1-4H3,(H,20,25). The fourth-order valence-corrected chi connectivity index (χ4v) is 2.88. The summed E-state index contributed by atoms with van der Waals surface area (Å²) >= 11 is 3.50. The Bertz CT molecular complexity index is 980. The van der Waals surface area contributed by atoms with Gasteiger partial charge in [0.15, 0.2) is 5.69 Å². The quantitative estimate of drug-likeness (QED) is 0.644. The number of aryl methyl sites for hydroxylation is 1. The summed E-state index contributed by atoms with van der Waals surface area (Å²) in [4.78, 5) is 12.5. The van der Waals surface area contributed by atoms with E-state index in [2.05, 4.69) is 31.4 Å². The van der Waals surface area contributed by atoms with Crippen molar-refractivity contribution in [1.29, 1.82) is 0 Å². The molecule has 0 unspecified atom stereocenters. The molecule has 1 amide bonds. The van der Waals surface area contributed by atoms with Crippen LogP contribution < -0.4 is 14.8 Å². The number of halogens is 1. The number of carbonyl (C=O) groups is 1. The first kappa shape index (κ1) is 19.0. The molecule has 1 aromatic carbocycles. The minimum Gasteiger partial charge on any atom is -0.497 e. The van der Waals surface area contributed by atoms with E-state index in [9.17, 15) is 4.79 Å². The van der Waals surface area contributed by atoms with Crippen LogP contribution in [0.15, 0.2) is 34.9 Å². The van der Waals surface area contributed by atoms with Gasteiger partial charge in [-0.15, -0.1) is 0 Å². The maximum atomic E-state index is 12.5. The molecule has 3 aromatic rings. The molecule has 1 N–H and O–H groups in total. The zero-order valence-electron chi connectivity index (χ0n) is 15.5. The molecule has 9 heteroatoms. The van der Waals surface area contributed by atoms with Crippen LogP contribution in [0.1, 0.15) is 21.9 Å². The van der Waals surface area contributed by atoms with Crippen LogP contribution in [-0.4, -0.2) is 39.7 Å². The fraction of sp³-hybridized carbons (Fsp3) is 0.278. The van der Waals surface area contributed by atoms with E-state index in [-0.39, 0.29) is 5.91 Å². The van der Waals surface area contributed by atoms with Crippen molar-refractivity contribution in [3.05, 3.63) is 52.0 Å². The molecular weight excluding hydrogens is 414 g/mol. The van der Waals surface area contributed by atoms with Gasteiger partial charge in [-0.25, -0.2) is 4.68 Å². The molecule has 0 saturated carbocycles. The lowest BCUT2D eigenvalue weighted by molar-refractivity contribution is 0.102. The fourth-order valence-electron chi connectivity index (χ4n) is 2.60. The van der Waals surface area contributed by atoms with E-state index in [1.165, 1.54) is 7.11 Å². The van der Waals surface area contributed by atoms with Crippen LogP contribution >= 0.6 is 15.9 Å². The number of anilines is 1. The molecule has 0 saturated heterocycles.